The lowest BCUT2D eigenvalue weighted by Gasteiger charge is -2.18. The van der Waals surface area contributed by atoms with E-state index in [9.17, 15) is 23.1 Å². The first-order valence-corrected chi connectivity index (χ1v) is 14.2. The van der Waals surface area contributed by atoms with Crippen LogP contribution in [0, 0.1) is 12.7 Å². The van der Waals surface area contributed by atoms with E-state index in [1.165, 1.54) is 41.3 Å². The van der Waals surface area contributed by atoms with E-state index in [2.05, 4.69) is 25.2 Å². The summed E-state index contributed by atoms with van der Waals surface area (Å²) in [4.78, 5) is 17.4. The van der Waals surface area contributed by atoms with Crippen molar-refractivity contribution in [2.75, 3.05) is 5.32 Å². The van der Waals surface area contributed by atoms with Gasteiger partial charge in [0.1, 0.15) is 16.6 Å². The number of hydrogen-bond donors (Lipinski definition) is 2. The van der Waals surface area contributed by atoms with Crippen LogP contribution in [-0.4, -0.2) is 38.4 Å². The van der Waals surface area contributed by atoms with Gasteiger partial charge in [0.15, 0.2) is 0 Å². The summed E-state index contributed by atoms with van der Waals surface area (Å²) in [6.45, 7) is 7.92. The summed E-state index contributed by atoms with van der Waals surface area (Å²) >= 11 is 1.21. The number of alkyl halides is 2. The van der Waals surface area contributed by atoms with Crippen molar-refractivity contribution in [2.45, 2.75) is 73.0 Å². The molecule has 0 saturated heterocycles. The second kappa shape index (κ2) is 14.4. The molecule has 0 saturated carbocycles. The number of pyridine rings is 1. The van der Waals surface area contributed by atoms with E-state index in [1.807, 2.05) is 39.0 Å². The Hall–Kier alpha value is -3.83. The predicted molar refractivity (Wildman–Crippen MR) is 159 cm³/mol. The SMILES string of the molecule is C/C=C(\C=C/C(CCCc1nnc(NC(=O)c2cnc(C)cc2-c2c(F)cccc2OC(F)F)s1)=C(C)C)C(C)(C)O. The van der Waals surface area contributed by atoms with Crippen LogP contribution in [0.4, 0.5) is 18.3 Å². The van der Waals surface area contributed by atoms with Gasteiger partial charge >= 0.3 is 6.61 Å². The highest BCUT2D eigenvalue weighted by molar-refractivity contribution is 7.15. The van der Waals surface area contributed by atoms with Crippen LogP contribution in [0.3, 0.4) is 0 Å². The Balaban J connectivity index is 1.73. The van der Waals surface area contributed by atoms with E-state index >= 15 is 0 Å². The molecule has 2 heterocycles. The highest BCUT2D eigenvalue weighted by Gasteiger charge is 2.23. The monoisotopic (exact) mass is 600 g/mol. The Bertz CT molecular complexity index is 1500. The molecule has 0 atom stereocenters. The Morgan fingerprint density at radius 3 is 2.60 bits per heavy atom. The number of rotatable bonds is 12. The van der Waals surface area contributed by atoms with Crippen molar-refractivity contribution in [1.82, 2.24) is 15.2 Å². The Kier molecular flexibility index (Phi) is 11.2. The summed E-state index contributed by atoms with van der Waals surface area (Å²) in [6.07, 6.45) is 9.29. The number of allylic oxidation sites excluding steroid dienone is 4. The second-order valence-corrected chi connectivity index (χ2v) is 11.4. The number of aliphatic hydroxyl groups is 1. The molecule has 1 aromatic carbocycles. The zero-order valence-corrected chi connectivity index (χ0v) is 25.3. The number of nitrogens with zero attached hydrogens (tertiary/aromatic N) is 3. The lowest BCUT2D eigenvalue weighted by atomic mass is 9.95. The molecular formula is C31H35F3N4O3S. The van der Waals surface area contributed by atoms with Crippen molar-refractivity contribution in [2.24, 2.45) is 0 Å². The molecule has 0 unspecified atom stereocenters. The van der Waals surface area contributed by atoms with Gasteiger partial charge in [-0.3, -0.25) is 15.1 Å². The number of halogens is 3. The number of aromatic nitrogens is 3. The summed E-state index contributed by atoms with van der Waals surface area (Å²) in [5.41, 5.74) is 2.43. The number of aryl methyl sites for hydroxylation is 2. The zero-order valence-electron chi connectivity index (χ0n) is 24.5. The lowest BCUT2D eigenvalue weighted by molar-refractivity contribution is -0.0495. The number of carbonyl (C=O) groups excluding carboxylic acids is 1. The summed E-state index contributed by atoms with van der Waals surface area (Å²) in [5.74, 6) is -1.86. The van der Waals surface area contributed by atoms with Gasteiger partial charge in [-0.1, -0.05) is 41.2 Å². The van der Waals surface area contributed by atoms with Crippen LogP contribution in [0.5, 0.6) is 5.75 Å². The smallest absolute Gasteiger partial charge is 0.387 e. The molecule has 2 aromatic heterocycles. The van der Waals surface area contributed by atoms with Crippen molar-refractivity contribution in [1.29, 1.82) is 0 Å². The molecule has 0 aliphatic carbocycles. The van der Waals surface area contributed by atoms with E-state index < -0.39 is 29.7 Å². The molecule has 0 fully saturated rings. The first kappa shape index (κ1) is 32.7. The fourth-order valence-corrected chi connectivity index (χ4v) is 5.03. The molecule has 0 aliphatic heterocycles. The number of ether oxygens (including phenoxy) is 1. The standard InChI is InChI=1S/C31H35F3N4O3S/c1-7-21(31(5,6)40)15-14-20(18(2)3)10-8-13-26-37-38-30(42-26)36-28(39)23-17-35-19(4)16-22(23)27-24(32)11-9-12-25(27)41-29(33)34/h7,9,11-12,14-17,29,40H,8,10,13H2,1-6H3,(H,36,38,39)/b15-14-,21-7+. The quantitative estimate of drug-likeness (QED) is 0.206. The molecule has 1 amide bonds. The predicted octanol–water partition coefficient (Wildman–Crippen LogP) is 7.83. The van der Waals surface area contributed by atoms with Crippen LogP contribution in [0.15, 0.2) is 65.4 Å². The summed E-state index contributed by atoms with van der Waals surface area (Å²) in [5, 5.41) is 22.2. The number of benzene rings is 1. The fraction of sp³-hybridized carbons (Fsp3) is 0.355. The van der Waals surface area contributed by atoms with Gasteiger partial charge in [-0.25, -0.2) is 4.39 Å². The third kappa shape index (κ3) is 8.83. The van der Waals surface area contributed by atoms with Gasteiger partial charge in [-0.15, -0.1) is 10.2 Å². The highest BCUT2D eigenvalue weighted by atomic mass is 32.1. The normalized spacial score (nSPS) is 12.2. The van der Waals surface area contributed by atoms with E-state index in [4.69, 9.17) is 0 Å². The molecule has 42 heavy (non-hydrogen) atoms. The largest absolute Gasteiger partial charge is 0.434 e. The van der Waals surface area contributed by atoms with E-state index in [-0.39, 0.29) is 21.8 Å². The molecular weight excluding hydrogens is 565 g/mol. The number of amides is 1. The van der Waals surface area contributed by atoms with Gasteiger partial charge < -0.3 is 9.84 Å². The maximum absolute atomic E-state index is 14.9. The van der Waals surface area contributed by atoms with E-state index in [0.29, 0.717) is 12.1 Å². The summed E-state index contributed by atoms with van der Waals surface area (Å²) in [7, 11) is 0. The van der Waals surface area contributed by atoms with Crippen molar-refractivity contribution in [3.63, 3.8) is 0 Å². The van der Waals surface area contributed by atoms with Crippen molar-refractivity contribution >= 4 is 22.4 Å². The average Bonchev–Trinajstić information content (AvgIpc) is 3.33. The first-order chi connectivity index (χ1) is 19.8. The van der Waals surface area contributed by atoms with Gasteiger partial charge in [0.05, 0.1) is 16.7 Å². The molecule has 0 aliphatic rings. The molecule has 3 rings (SSSR count). The topological polar surface area (TPSA) is 97.2 Å². The molecule has 3 aromatic rings. The zero-order chi connectivity index (χ0) is 31.0. The van der Waals surface area contributed by atoms with E-state index in [1.54, 1.807) is 20.8 Å². The second-order valence-electron chi connectivity index (χ2n) is 10.3. The number of hydrogen-bond acceptors (Lipinski definition) is 7. The third-order valence-corrected chi connectivity index (χ3v) is 7.29. The number of carbonyl (C=O) groups is 1. The van der Waals surface area contributed by atoms with Gasteiger partial charge in [0.25, 0.3) is 5.91 Å². The first-order valence-electron chi connectivity index (χ1n) is 13.4. The molecule has 2 N–H and O–H groups in total. The Morgan fingerprint density at radius 2 is 1.95 bits per heavy atom. The van der Waals surface area contributed by atoms with Crippen LogP contribution in [-0.2, 0) is 6.42 Å². The Labute approximate surface area is 247 Å². The molecule has 0 spiro atoms. The van der Waals surface area contributed by atoms with Crippen LogP contribution >= 0.6 is 11.3 Å². The van der Waals surface area contributed by atoms with Crippen LogP contribution in [0.1, 0.15) is 68.5 Å². The number of anilines is 1. The van der Waals surface area contributed by atoms with Crippen molar-refractivity contribution < 1.29 is 27.8 Å². The summed E-state index contributed by atoms with van der Waals surface area (Å²) in [6, 6.07) is 5.00. The summed E-state index contributed by atoms with van der Waals surface area (Å²) < 4.78 is 45.4. The third-order valence-electron chi connectivity index (χ3n) is 6.39. The minimum Gasteiger partial charge on any atom is -0.434 e. The maximum atomic E-state index is 14.9. The van der Waals surface area contributed by atoms with Gasteiger partial charge in [-0.05, 0) is 83.7 Å². The van der Waals surface area contributed by atoms with Gasteiger partial charge in [0, 0.05) is 23.9 Å². The highest BCUT2D eigenvalue weighted by Crippen LogP contribution is 2.36. The van der Waals surface area contributed by atoms with Crippen LogP contribution in [0.25, 0.3) is 11.1 Å². The molecule has 11 heteroatoms. The average molecular weight is 601 g/mol. The van der Waals surface area contributed by atoms with Crippen molar-refractivity contribution in [3.8, 4) is 16.9 Å². The van der Waals surface area contributed by atoms with Crippen molar-refractivity contribution in [3.05, 3.63) is 87.5 Å². The minimum atomic E-state index is -3.17. The minimum absolute atomic E-state index is 0.0342. The molecule has 0 bridgehead atoms. The molecule has 7 nitrogen and oxygen atoms in total. The van der Waals surface area contributed by atoms with Crippen LogP contribution in [0.2, 0.25) is 0 Å². The van der Waals surface area contributed by atoms with Crippen LogP contribution < -0.4 is 10.1 Å². The van der Waals surface area contributed by atoms with E-state index in [0.717, 1.165) is 35.1 Å². The molecule has 0 radical (unpaired) electrons. The van der Waals surface area contributed by atoms with Gasteiger partial charge in [-0.2, -0.15) is 8.78 Å². The maximum Gasteiger partial charge on any atom is 0.387 e. The fourth-order valence-electron chi connectivity index (χ4n) is 4.25. The lowest BCUT2D eigenvalue weighted by Crippen LogP contribution is -2.20. The Morgan fingerprint density at radius 1 is 1.21 bits per heavy atom. The number of nitrogens with one attached hydrogen (secondary N) is 1. The van der Waals surface area contributed by atoms with Gasteiger partial charge in [0.2, 0.25) is 5.13 Å². The molecule has 224 valence electrons.